The Kier molecular flexibility index (Phi) is 7.22. The predicted molar refractivity (Wildman–Crippen MR) is 150 cm³/mol. The van der Waals surface area contributed by atoms with Gasteiger partial charge in [0.15, 0.2) is 0 Å². The number of nitrogens with zero attached hydrogens (tertiary/aromatic N) is 1. The van der Waals surface area contributed by atoms with E-state index >= 15 is 0 Å². The number of rotatable bonds is 8. The predicted octanol–water partition coefficient (Wildman–Crippen LogP) is 1.76. The first-order chi connectivity index (χ1) is 19.3. The van der Waals surface area contributed by atoms with Crippen LogP contribution in [0.15, 0.2) is 71.3 Å². The third-order valence-electron chi connectivity index (χ3n) is 7.48. The van der Waals surface area contributed by atoms with E-state index in [1.807, 2.05) is 24.3 Å². The minimum atomic E-state index is -3.60. The van der Waals surface area contributed by atoms with Gasteiger partial charge in [0.2, 0.25) is 15.9 Å². The van der Waals surface area contributed by atoms with Crippen molar-refractivity contribution in [2.45, 2.75) is 48.8 Å². The molecule has 4 aliphatic rings. The molecule has 0 aliphatic carbocycles. The molecule has 0 spiro atoms. The van der Waals surface area contributed by atoms with Crippen LogP contribution in [0.3, 0.4) is 0 Å². The van der Waals surface area contributed by atoms with Crippen LogP contribution in [-0.2, 0) is 14.8 Å². The number of hydrogen-bond acceptors (Lipinski definition) is 7. The molecule has 2 aromatic carbocycles. The highest BCUT2D eigenvalue weighted by atomic mass is 32.2. The zero-order valence-corrected chi connectivity index (χ0v) is 22.7. The smallest absolute Gasteiger partial charge is 0.327 e. The second kappa shape index (κ2) is 11.0. The number of nitrogens with one attached hydrogen (secondary N) is 5. The van der Waals surface area contributed by atoms with E-state index in [4.69, 9.17) is 4.74 Å². The molecule has 2 fully saturated rings. The normalized spacial score (nSPS) is 23.1. The van der Waals surface area contributed by atoms with E-state index in [9.17, 15) is 18.0 Å². The van der Waals surface area contributed by atoms with Crippen molar-refractivity contribution < 1.29 is 22.7 Å². The summed E-state index contributed by atoms with van der Waals surface area (Å²) in [6.45, 7) is 1.98. The largest absolute Gasteiger partial charge is 0.491 e. The number of carbonyl (C=O) groups is 2. The van der Waals surface area contributed by atoms with Gasteiger partial charge in [-0.25, -0.2) is 17.9 Å². The lowest BCUT2D eigenvalue weighted by atomic mass is 10.1. The van der Waals surface area contributed by atoms with Crippen LogP contribution in [0.5, 0.6) is 5.75 Å². The van der Waals surface area contributed by atoms with E-state index in [0.717, 1.165) is 49.2 Å². The van der Waals surface area contributed by atoms with Crippen LogP contribution in [0.1, 0.15) is 31.2 Å². The molecule has 0 bridgehead atoms. The molecule has 2 saturated heterocycles. The first-order valence-corrected chi connectivity index (χ1v) is 15.0. The van der Waals surface area contributed by atoms with Crippen LogP contribution in [0, 0.1) is 0 Å². The molecule has 12 heteroatoms. The molecular weight excluding hydrogens is 532 g/mol. The number of ether oxygens (including phenoxy) is 1. The minimum absolute atomic E-state index is 0.00897. The Morgan fingerprint density at radius 3 is 2.52 bits per heavy atom. The van der Waals surface area contributed by atoms with E-state index in [2.05, 4.69) is 26.0 Å². The molecule has 2 aromatic rings. The Balaban J connectivity index is 1.14. The number of anilines is 1. The summed E-state index contributed by atoms with van der Waals surface area (Å²) in [5, 5.41) is 12.4. The molecule has 6 rings (SSSR count). The SMILES string of the molecule is O=C1CC[C@@H](COc2cccc(N3C=C4C=C(c5ccc(S(=O)(=O)NC6CCNCC6)cc5)NC4NC3=O)c2)N1. The van der Waals surface area contributed by atoms with Gasteiger partial charge in [-0.2, -0.15) is 0 Å². The molecule has 0 saturated carbocycles. The third kappa shape index (κ3) is 5.69. The topological polar surface area (TPSA) is 141 Å². The van der Waals surface area contributed by atoms with E-state index in [0.29, 0.717) is 24.5 Å². The Labute approximate surface area is 233 Å². The highest BCUT2D eigenvalue weighted by Gasteiger charge is 2.31. The fraction of sp³-hybridized carbons (Fsp3) is 0.357. The summed E-state index contributed by atoms with van der Waals surface area (Å²) in [7, 11) is -3.60. The highest BCUT2D eigenvalue weighted by Crippen LogP contribution is 2.30. The second-order valence-electron chi connectivity index (χ2n) is 10.4. The third-order valence-corrected chi connectivity index (χ3v) is 9.01. The van der Waals surface area contributed by atoms with Gasteiger partial charge in [-0.05, 0) is 68.3 Å². The number of piperidine rings is 1. The van der Waals surface area contributed by atoms with Gasteiger partial charge >= 0.3 is 6.03 Å². The quantitative estimate of drug-likeness (QED) is 0.329. The molecular formula is C28H32N6O5S. The van der Waals surface area contributed by atoms with Gasteiger partial charge in [-0.1, -0.05) is 18.2 Å². The lowest BCUT2D eigenvalue weighted by Crippen LogP contribution is -2.51. The second-order valence-corrected chi connectivity index (χ2v) is 12.1. The van der Waals surface area contributed by atoms with Gasteiger partial charge in [0.25, 0.3) is 0 Å². The van der Waals surface area contributed by atoms with Gasteiger partial charge in [-0.15, -0.1) is 0 Å². The minimum Gasteiger partial charge on any atom is -0.491 e. The summed E-state index contributed by atoms with van der Waals surface area (Å²) in [5.74, 6) is 0.647. The van der Waals surface area contributed by atoms with Crippen LogP contribution < -0.4 is 35.6 Å². The lowest BCUT2D eigenvalue weighted by molar-refractivity contribution is -0.119. The summed E-state index contributed by atoms with van der Waals surface area (Å²) in [4.78, 5) is 26.1. The van der Waals surface area contributed by atoms with Crippen LogP contribution >= 0.6 is 0 Å². The molecule has 40 heavy (non-hydrogen) atoms. The summed E-state index contributed by atoms with van der Waals surface area (Å²) >= 11 is 0. The van der Waals surface area contributed by atoms with E-state index < -0.39 is 16.2 Å². The fourth-order valence-electron chi connectivity index (χ4n) is 5.28. The summed E-state index contributed by atoms with van der Waals surface area (Å²) < 4.78 is 34.4. The Morgan fingerprint density at radius 2 is 1.77 bits per heavy atom. The van der Waals surface area contributed by atoms with E-state index in [1.54, 1.807) is 36.5 Å². The van der Waals surface area contributed by atoms with Crippen molar-refractivity contribution in [1.82, 2.24) is 26.0 Å². The number of urea groups is 1. The molecule has 3 amide bonds. The van der Waals surface area contributed by atoms with Gasteiger partial charge in [0, 0.05) is 36.0 Å². The number of hydrogen-bond donors (Lipinski definition) is 5. The molecule has 11 nitrogen and oxygen atoms in total. The number of amides is 3. The van der Waals surface area contributed by atoms with E-state index in [1.165, 1.54) is 4.90 Å². The zero-order valence-electron chi connectivity index (χ0n) is 21.9. The van der Waals surface area contributed by atoms with Crippen LogP contribution in [0.25, 0.3) is 5.70 Å². The molecule has 4 heterocycles. The molecule has 2 atom stereocenters. The van der Waals surface area contributed by atoms with Crippen LogP contribution in [0.2, 0.25) is 0 Å². The van der Waals surface area contributed by atoms with Gasteiger partial charge in [-0.3, -0.25) is 9.69 Å². The van der Waals surface area contributed by atoms with Gasteiger partial charge < -0.3 is 26.0 Å². The van der Waals surface area contributed by atoms with Crippen molar-refractivity contribution in [3.05, 3.63) is 71.9 Å². The summed E-state index contributed by atoms with van der Waals surface area (Å²) in [5.41, 5.74) is 3.10. The number of sulfonamides is 1. The number of carbonyl (C=O) groups excluding carboxylic acids is 2. The maximum atomic E-state index is 13.0. The lowest BCUT2D eigenvalue weighted by Gasteiger charge is -2.29. The molecule has 0 radical (unpaired) electrons. The van der Waals surface area contributed by atoms with Crippen molar-refractivity contribution in [2.75, 3.05) is 24.6 Å². The molecule has 5 N–H and O–H groups in total. The Hall–Kier alpha value is -3.87. The Morgan fingerprint density at radius 1 is 0.975 bits per heavy atom. The highest BCUT2D eigenvalue weighted by molar-refractivity contribution is 7.89. The van der Waals surface area contributed by atoms with Gasteiger partial charge in [0.1, 0.15) is 18.5 Å². The standard InChI is InChI=1S/C28H32N6O5S/c35-26-9-6-21(30-26)17-39-23-3-1-2-22(15-23)34-16-19-14-25(31-27(19)32-28(34)36)18-4-7-24(8-5-18)40(37,38)33-20-10-12-29-13-11-20/h1-5,7-8,14-16,20-21,27,29,31,33H,6,9-13,17H2,(H,30,35)(H,32,36)/t21-,27?/m0/s1. The molecule has 4 aliphatic heterocycles. The van der Waals surface area contributed by atoms with Crippen LogP contribution in [-0.4, -0.2) is 58.3 Å². The number of fused-ring (bicyclic) bond motifs is 1. The molecule has 1 unspecified atom stereocenters. The number of benzene rings is 2. The monoisotopic (exact) mass is 564 g/mol. The maximum absolute atomic E-state index is 13.0. The first-order valence-electron chi connectivity index (χ1n) is 13.5. The zero-order chi connectivity index (χ0) is 27.7. The van der Waals surface area contributed by atoms with Crippen LogP contribution in [0.4, 0.5) is 10.5 Å². The van der Waals surface area contributed by atoms with Crippen molar-refractivity contribution in [2.24, 2.45) is 0 Å². The van der Waals surface area contributed by atoms with Crippen molar-refractivity contribution in [3.63, 3.8) is 0 Å². The Bertz CT molecular complexity index is 1470. The fourth-order valence-corrected chi connectivity index (χ4v) is 6.59. The average Bonchev–Trinajstić information content (AvgIpc) is 3.57. The summed E-state index contributed by atoms with van der Waals surface area (Å²) in [6, 6.07) is 13.6. The van der Waals surface area contributed by atoms with Crippen molar-refractivity contribution in [1.29, 1.82) is 0 Å². The first kappa shape index (κ1) is 26.4. The van der Waals surface area contributed by atoms with Crippen molar-refractivity contribution >= 4 is 33.3 Å². The average molecular weight is 565 g/mol. The van der Waals surface area contributed by atoms with Gasteiger partial charge in [0.05, 0.1) is 16.6 Å². The molecule has 210 valence electrons. The molecule has 0 aromatic heterocycles. The maximum Gasteiger partial charge on any atom is 0.327 e. The van der Waals surface area contributed by atoms with E-state index in [-0.39, 0.29) is 28.9 Å². The summed E-state index contributed by atoms with van der Waals surface area (Å²) in [6.07, 6.45) is 6.12. The van der Waals surface area contributed by atoms with Crippen molar-refractivity contribution in [3.8, 4) is 5.75 Å².